The number of nitrogens with one attached hydrogen (secondary N) is 1. The number of alkyl halides is 3. The number of hydrogen-bond acceptors (Lipinski definition) is 3. The Hall–Kier alpha value is -1.68. The minimum Gasteiger partial charge on any atom is -0.343 e. The summed E-state index contributed by atoms with van der Waals surface area (Å²) in [4.78, 5) is 12.7. The highest BCUT2D eigenvalue weighted by atomic mass is 32.2. The Morgan fingerprint density at radius 3 is 2.79 bits per heavy atom. The van der Waals surface area contributed by atoms with Gasteiger partial charge in [0.1, 0.15) is 6.54 Å². The third kappa shape index (κ3) is 5.17. The van der Waals surface area contributed by atoms with Crippen LogP contribution in [-0.2, 0) is 11.0 Å². The molecule has 24 heavy (non-hydrogen) atoms. The van der Waals surface area contributed by atoms with E-state index in [4.69, 9.17) is 5.26 Å². The Morgan fingerprint density at radius 2 is 2.08 bits per heavy atom. The van der Waals surface area contributed by atoms with E-state index in [-0.39, 0.29) is 24.3 Å². The van der Waals surface area contributed by atoms with Gasteiger partial charge in [-0.2, -0.15) is 18.4 Å². The summed E-state index contributed by atoms with van der Waals surface area (Å²) in [6.07, 6.45) is -0.700. The van der Waals surface area contributed by atoms with E-state index in [0.29, 0.717) is 10.6 Å². The lowest BCUT2D eigenvalue weighted by molar-refractivity contribution is -0.137. The second-order valence-corrected chi connectivity index (χ2v) is 6.96. The van der Waals surface area contributed by atoms with Gasteiger partial charge in [-0.05, 0) is 37.0 Å². The quantitative estimate of drug-likeness (QED) is 0.634. The van der Waals surface area contributed by atoms with Gasteiger partial charge in [0.25, 0.3) is 0 Å². The lowest BCUT2D eigenvalue weighted by Crippen LogP contribution is -2.37. The van der Waals surface area contributed by atoms with Gasteiger partial charge < -0.3 is 5.32 Å². The second kappa shape index (κ2) is 8.43. The Kier molecular flexibility index (Phi) is 6.55. The van der Waals surface area contributed by atoms with Crippen LogP contribution < -0.4 is 5.32 Å². The number of nitrogens with zero attached hydrogens (tertiary/aromatic N) is 1. The number of carbonyl (C=O) groups excluding carboxylic acids is 1. The van der Waals surface area contributed by atoms with Gasteiger partial charge in [0.15, 0.2) is 0 Å². The average molecular weight is 356 g/mol. The molecule has 1 fully saturated rings. The lowest BCUT2D eigenvalue weighted by atomic mass is 9.80. The molecule has 130 valence electrons. The van der Waals surface area contributed by atoms with E-state index in [1.165, 1.54) is 17.8 Å². The molecule has 2 atom stereocenters. The Balaban J connectivity index is 1.98. The van der Waals surface area contributed by atoms with Crippen molar-refractivity contribution in [2.24, 2.45) is 11.8 Å². The average Bonchev–Trinajstić information content (AvgIpc) is 2.57. The largest absolute Gasteiger partial charge is 0.416 e. The van der Waals surface area contributed by atoms with Crippen molar-refractivity contribution in [3.05, 3.63) is 29.8 Å². The second-order valence-electron chi connectivity index (χ2n) is 5.86. The number of benzene rings is 1. The van der Waals surface area contributed by atoms with Crippen molar-refractivity contribution in [2.45, 2.75) is 36.8 Å². The molecule has 1 aromatic rings. The maximum atomic E-state index is 12.8. The Bertz CT molecular complexity index is 613. The molecule has 1 aromatic carbocycles. The zero-order chi connectivity index (χ0) is 17.6. The van der Waals surface area contributed by atoms with Crippen molar-refractivity contribution in [1.82, 2.24) is 5.32 Å². The zero-order valence-corrected chi connectivity index (χ0v) is 13.9. The molecule has 1 saturated carbocycles. The van der Waals surface area contributed by atoms with Gasteiger partial charge in [-0.3, -0.25) is 4.79 Å². The van der Waals surface area contributed by atoms with Crippen LogP contribution in [0, 0.1) is 23.2 Å². The highest BCUT2D eigenvalue weighted by molar-refractivity contribution is 7.99. The van der Waals surface area contributed by atoms with Crippen LogP contribution in [0.4, 0.5) is 13.2 Å². The maximum absolute atomic E-state index is 12.8. The van der Waals surface area contributed by atoms with E-state index in [1.54, 1.807) is 6.07 Å². The van der Waals surface area contributed by atoms with Gasteiger partial charge in [-0.1, -0.05) is 18.9 Å². The van der Waals surface area contributed by atoms with Gasteiger partial charge in [0, 0.05) is 16.6 Å². The first-order chi connectivity index (χ1) is 11.4. The van der Waals surface area contributed by atoms with Gasteiger partial charge in [0.05, 0.1) is 11.6 Å². The molecule has 1 N–H and O–H groups in total. The normalized spacial score (nSPS) is 21.1. The Morgan fingerprint density at radius 1 is 1.33 bits per heavy atom. The lowest BCUT2D eigenvalue weighted by Gasteiger charge is -2.30. The monoisotopic (exact) mass is 356 g/mol. The minimum atomic E-state index is -4.35. The molecule has 0 radical (unpaired) electrons. The number of amides is 1. The molecule has 1 aliphatic rings. The van der Waals surface area contributed by atoms with Crippen molar-refractivity contribution in [3.63, 3.8) is 0 Å². The van der Waals surface area contributed by atoms with Crippen molar-refractivity contribution < 1.29 is 18.0 Å². The van der Waals surface area contributed by atoms with Crippen molar-refractivity contribution >= 4 is 17.7 Å². The fourth-order valence-corrected chi connectivity index (χ4v) is 4.17. The van der Waals surface area contributed by atoms with Crippen molar-refractivity contribution in [3.8, 4) is 6.07 Å². The molecule has 0 aromatic heterocycles. The highest BCUT2D eigenvalue weighted by Gasteiger charge is 2.32. The first kappa shape index (κ1) is 18.7. The molecule has 0 heterocycles. The predicted octanol–water partition coefficient (Wildman–Crippen LogP) is 4.24. The highest BCUT2D eigenvalue weighted by Crippen LogP contribution is 2.36. The van der Waals surface area contributed by atoms with Gasteiger partial charge in [-0.25, -0.2) is 0 Å². The molecular weight excluding hydrogens is 337 g/mol. The topological polar surface area (TPSA) is 52.9 Å². The summed E-state index contributed by atoms with van der Waals surface area (Å²) in [5, 5.41) is 11.2. The minimum absolute atomic E-state index is 0.0111. The number of carbonyl (C=O) groups is 1. The van der Waals surface area contributed by atoms with Crippen LogP contribution in [-0.4, -0.2) is 18.2 Å². The number of hydrogen-bond donors (Lipinski definition) is 1. The van der Waals surface area contributed by atoms with Crippen molar-refractivity contribution in [1.29, 1.82) is 5.26 Å². The SMILES string of the molecule is N#CCNC(=O)[C@@H]1CCCC[C@H]1CSc1cccc(C(F)(F)F)c1. The fourth-order valence-electron chi connectivity index (χ4n) is 2.98. The smallest absolute Gasteiger partial charge is 0.343 e. The van der Waals surface area contributed by atoms with Crippen LogP contribution in [0.3, 0.4) is 0 Å². The van der Waals surface area contributed by atoms with Crippen LogP contribution in [0.25, 0.3) is 0 Å². The molecule has 0 aliphatic heterocycles. The van der Waals surface area contributed by atoms with Crippen LogP contribution in [0.1, 0.15) is 31.2 Å². The van der Waals surface area contributed by atoms with Crippen LogP contribution in [0.15, 0.2) is 29.2 Å². The molecular formula is C17H19F3N2OS. The zero-order valence-electron chi connectivity index (χ0n) is 13.1. The van der Waals surface area contributed by atoms with E-state index in [2.05, 4.69) is 5.32 Å². The van der Waals surface area contributed by atoms with Crippen LogP contribution >= 0.6 is 11.8 Å². The van der Waals surface area contributed by atoms with Crippen molar-refractivity contribution in [2.75, 3.05) is 12.3 Å². The molecule has 0 saturated heterocycles. The molecule has 1 aliphatic carbocycles. The fraction of sp³-hybridized carbons (Fsp3) is 0.529. The number of nitriles is 1. The molecule has 0 unspecified atom stereocenters. The predicted molar refractivity (Wildman–Crippen MR) is 86.2 cm³/mol. The summed E-state index contributed by atoms with van der Waals surface area (Å²) >= 11 is 1.36. The number of halogens is 3. The van der Waals surface area contributed by atoms with E-state index in [1.807, 2.05) is 6.07 Å². The summed E-state index contributed by atoms with van der Waals surface area (Å²) < 4.78 is 38.3. The third-order valence-electron chi connectivity index (χ3n) is 4.21. The van der Waals surface area contributed by atoms with Gasteiger partial charge in [-0.15, -0.1) is 11.8 Å². The van der Waals surface area contributed by atoms with E-state index < -0.39 is 11.7 Å². The third-order valence-corrected chi connectivity index (χ3v) is 5.40. The standard InChI is InChI=1S/C17H19F3N2OS/c18-17(19,20)13-5-3-6-14(10-13)24-11-12-4-1-2-7-15(12)16(23)22-9-8-21/h3,5-6,10,12,15H,1-2,4,7,9,11H2,(H,22,23)/t12-,15+/m0/s1. The number of thioether (sulfide) groups is 1. The summed E-state index contributed by atoms with van der Waals surface area (Å²) in [6, 6.07) is 7.16. The summed E-state index contributed by atoms with van der Waals surface area (Å²) in [5.74, 6) is 0.444. The van der Waals surface area contributed by atoms with Crippen LogP contribution in [0.2, 0.25) is 0 Å². The molecule has 3 nitrogen and oxygen atoms in total. The summed E-state index contributed by atoms with van der Waals surface area (Å²) in [7, 11) is 0. The summed E-state index contributed by atoms with van der Waals surface area (Å²) in [5.41, 5.74) is -0.653. The first-order valence-corrected chi connectivity index (χ1v) is 8.85. The molecule has 0 bridgehead atoms. The van der Waals surface area contributed by atoms with E-state index in [9.17, 15) is 18.0 Å². The summed E-state index contributed by atoms with van der Waals surface area (Å²) in [6.45, 7) is -0.0111. The molecule has 2 rings (SSSR count). The van der Waals surface area contributed by atoms with Gasteiger partial charge in [0.2, 0.25) is 5.91 Å². The molecule has 1 amide bonds. The van der Waals surface area contributed by atoms with Gasteiger partial charge >= 0.3 is 6.18 Å². The van der Waals surface area contributed by atoms with E-state index >= 15 is 0 Å². The molecule has 0 spiro atoms. The first-order valence-electron chi connectivity index (χ1n) is 7.86. The maximum Gasteiger partial charge on any atom is 0.416 e. The Labute approximate surface area is 143 Å². The molecule has 7 heteroatoms. The number of rotatable bonds is 5. The van der Waals surface area contributed by atoms with Crippen LogP contribution in [0.5, 0.6) is 0 Å². The van der Waals surface area contributed by atoms with E-state index in [0.717, 1.165) is 37.8 Å².